The Morgan fingerprint density at radius 1 is 1.33 bits per heavy atom. The van der Waals surface area contributed by atoms with Crippen molar-refractivity contribution in [2.75, 3.05) is 6.54 Å². The number of hydrogen-bond acceptors (Lipinski definition) is 4. The third-order valence-corrected chi connectivity index (χ3v) is 5.84. The summed E-state index contributed by atoms with van der Waals surface area (Å²) in [6, 6.07) is 0.680. The predicted octanol–water partition coefficient (Wildman–Crippen LogP) is 4.33. The highest BCUT2D eigenvalue weighted by atomic mass is 32.2. The van der Waals surface area contributed by atoms with Gasteiger partial charge in [0.15, 0.2) is 0 Å². The molecule has 1 N–H and O–H groups in total. The smallest absolute Gasteiger partial charge is 0.150 e. The Labute approximate surface area is 119 Å². The number of thioether (sulfide) groups is 1. The van der Waals surface area contributed by atoms with E-state index in [1.165, 1.54) is 49.3 Å². The van der Waals surface area contributed by atoms with Crippen LogP contribution in [0.5, 0.6) is 0 Å². The summed E-state index contributed by atoms with van der Waals surface area (Å²) < 4.78 is 1.24. The molecule has 2 nitrogen and oxygen atoms in total. The van der Waals surface area contributed by atoms with Crippen LogP contribution in [0.25, 0.3) is 0 Å². The number of nitrogens with zero attached hydrogens (tertiary/aromatic N) is 1. The molecule has 1 aliphatic rings. The highest BCUT2D eigenvalue weighted by Gasteiger charge is 2.23. The van der Waals surface area contributed by atoms with Crippen molar-refractivity contribution in [2.24, 2.45) is 0 Å². The van der Waals surface area contributed by atoms with Crippen LogP contribution in [0.3, 0.4) is 0 Å². The van der Waals surface area contributed by atoms with Crippen LogP contribution in [0.1, 0.15) is 51.9 Å². The molecule has 1 heterocycles. The molecule has 1 aromatic rings. The largest absolute Gasteiger partial charge is 0.313 e. The van der Waals surface area contributed by atoms with E-state index in [4.69, 9.17) is 0 Å². The molecule has 2 unspecified atom stereocenters. The summed E-state index contributed by atoms with van der Waals surface area (Å²) in [5, 5.41) is 6.55. The number of thiazole rings is 1. The maximum atomic E-state index is 4.43. The van der Waals surface area contributed by atoms with Crippen LogP contribution in [0.4, 0.5) is 0 Å². The molecular formula is C14H24N2S2. The second-order valence-electron chi connectivity index (χ2n) is 5.01. The Morgan fingerprint density at radius 2 is 2.17 bits per heavy atom. The van der Waals surface area contributed by atoms with Gasteiger partial charge in [0.2, 0.25) is 0 Å². The molecule has 1 fully saturated rings. The normalized spacial score (nSPS) is 25.6. The molecule has 102 valence electrons. The van der Waals surface area contributed by atoms with Crippen molar-refractivity contribution in [3.05, 3.63) is 11.6 Å². The van der Waals surface area contributed by atoms with E-state index in [1.807, 2.05) is 18.0 Å². The molecule has 1 saturated carbocycles. The van der Waals surface area contributed by atoms with Gasteiger partial charge < -0.3 is 5.32 Å². The van der Waals surface area contributed by atoms with Gasteiger partial charge in [0.1, 0.15) is 4.34 Å². The minimum atomic E-state index is 0.680. The van der Waals surface area contributed by atoms with E-state index >= 15 is 0 Å². The molecule has 18 heavy (non-hydrogen) atoms. The minimum absolute atomic E-state index is 0.680. The summed E-state index contributed by atoms with van der Waals surface area (Å²) in [6.07, 6.45) is 11.4. The average molecular weight is 284 g/mol. The van der Waals surface area contributed by atoms with E-state index in [-0.39, 0.29) is 0 Å². The Balaban J connectivity index is 1.94. The molecule has 0 saturated heterocycles. The molecule has 1 aliphatic carbocycles. The SMILES string of the molecule is CCCNC1CCCCCCC1Sc1nccs1. The predicted molar refractivity (Wildman–Crippen MR) is 81.5 cm³/mol. The van der Waals surface area contributed by atoms with E-state index in [2.05, 4.69) is 22.6 Å². The zero-order valence-corrected chi connectivity index (χ0v) is 12.9. The summed E-state index contributed by atoms with van der Waals surface area (Å²) in [7, 11) is 0. The van der Waals surface area contributed by atoms with Gasteiger partial charge in [-0.2, -0.15) is 0 Å². The van der Waals surface area contributed by atoms with E-state index in [1.54, 1.807) is 11.3 Å². The highest BCUT2D eigenvalue weighted by Crippen LogP contribution is 2.33. The summed E-state index contributed by atoms with van der Waals surface area (Å²) in [4.78, 5) is 4.43. The lowest BCUT2D eigenvalue weighted by Crippen LogP contribution is -2.39. The van der Waals surface area contributed by atoms with Crippen LogP contribution in [-0.4, -0.2) is 22.8 Å². The maximum Gasteiger partial charge on any atom is 0.150 e. The fourth-order valence-corrected chi connectivity index (χ4v) is 4.73. The Bertz CT molecular complexity index is 312. The van der Waals surface area contributed by atoms with Crippen molar-refractivity contribution >= 4 is 23.1 Å². The molecule has 4 heteroatoms. The van der Waals surface area contributed by atoms with Gasteiger partial charge in [0.05, 0.1) is 0 Å². The van der Waals surface area contributed by atoms with Crippen molar-refractivity contribution in [1.29, 1.82) is 0 Å². The molecule has 2 rings (SSSR count). The van der Waals surface area contributed by atoms with Gasteiger partial charge in [-0.25, -0.2) is 4.98 Å². The second-order valence-corrected chi connectivity index (χ2v) is 7.39. The lowest BCUT2D eigenvalue weighted by Gasteiger charge is -2.29. The summed E-state index contributed by atoms with van der Waals surface area (Å²) in [6.45, 7) is 3.40. The number of rotatable bonds is 5. The van der Waals surface area contributed by atoms with Crippen LogP contribution in [0.2, 0.25) is 0 Å². The van der Waals surface area contributed by atoms with E-state index < -0.39 is 0 Å². The van der Waals surface area contributed by atoms with Crippen molar-refractivity contribution < 1.29 is 0 Å². The molecule has 0 spiro atoms. The van der Waals surface area contributed by atoms with Gasteiger partial charge in [0, 0.05) is 22.9 Å². The van der Waals surface area contributed by atoms with Gasteiger partial charge in [0.25, 0.3) is 0 Å². The first-order valence-electron chi connectivity index (χ1n) is 7.19. The Kier molecular flexibility index (Phi) is 6.52. The third kappa shape index (κ3) is 4.56. The standard InChI is InChI=1S/C14H24N2S2/c1-2-9-15-12-7-5-3-4-6-8-13(12)18-14-16-10-11-17-14/h10-13,15H,2-9H2,1H3. The first kappa shape index (κ1) is 14.4. The lowest BCUT2D eigenvalue weighted by molar-refractivity contribution is 0.400. The zero-order valence-electron chi connectivity index (χ0n) is 11.2. The van der Waals surface area contributed by atoms with Crippen LogP contribution >= 0.6 is 23.1 Å². The van der Waals surface area contributed by atoms with E-state index in [0.29, 0.717) is 11.3 Å². The Morgan fingerprint density at radius 3 is 2.89 bits per heavy atom. The van der Waals surface area contributed by atoms with Crippen molar-refractivity contribution in [1.82, 2.24) is 10.3 Å². The van der Waals surface area contributed by atoms with Crippen molar-refractivity contribution in [3.63, 3.8) is 0 Å². The zero-order chi connectivity index (χ0) is 12.6. The number of aromatic nitrogens is 1. The summed E-state index contributed by atoms with van der Waals surface area (Å²) in [5.41, 5.74) is 0. The van der Waals surface area contributed by atoms with Crippen LogP contribution in [-0.2, 0) is 0 Å². The van der Waals surface area contributed by atoms with Gasteiger partial charge >= 0.3 is 0 Å². The van der Waals surface area contributed by atoms with Crippen molar-refractivity contribution in [2.45, 2.75) is 67.5 Å². The van der Waals surface area contributed by atoms with Crippen LogP contribution in [0, 0.1) is 0 Å². The monoisotopic (exact) mass is 284 g/mol. The van der Waals surface area contributed by atoms with Gasteiger partial charge in [-0.1, -0.05) is 44.4 Å². The second kappa shape index (κ2) is 8.18. The first-order chi connectivity index (χ1) is 8.90. The fraction of sp³-hybridized carbons (Fsp3) is 0.786. The topological polar surface area (TPSA) is 24.9 Å². The molecule has 1 aromatic heterocycles. The molecule has 0 aliphatic heterocycles. The summed E-state index contributed by atoms with van der Waals surface area (Å²) >= 11 is 3.78. The third-order valence-electron chi connectivity index (χ3n) is 3.52. The van der Waals surface area contributed by atoms with Gasteiger partial charge in [-0.05, 0) is 25.8 Å². The molecule has 0 aromatic carbocycles. The highest BCUT2D eigenvalue weighted by molar-refractivity contribution is 8.01. The minimum Gasteiger partial charge on any atom is -0.313 e. The fourth-order valence-electron chi connectivity index (χ4n) is 2.55. The first-order valence-corrected chi connectivity index (χ1v) is 8.95. The molecule has 0 bridgehead atoms. The molecule has 0 amide bonds. The lowest BCUT2D eigenvalue weighted by atomic mass is 9.96. The van der Waals surface area contributed by atoms with Gasteiger partial charge in [-0.3, -0.25) is 0 Å². The number of hydrogen-bond donors (Lipinski definition) is 1. The van der Waals surface area contributed by atoms with Crippen LogP contribution < -0.4 is 5.32 Å². The average Bonchev–Trinajstić information content (AvgIpc) is 2.85. The summed E-state index contributed by atoms with van der Waals surface area (Å²) in [5.74, 6) is 0. The Hall–Kier alpha value is -0.0600. The number of nitrogens with one attached hydrogen (secondary N) is 1. The quantitative estimate of drug-likeness (QED) is 0.871. The van der Waals surface area contributed by atoms with Crippen molar-refractivity contribution in [3.8, 4) is 0 Å². The van der Waals surface area contributed by atoms with Gasteiger partial charge in [-0.15, -0.1) is 11.3 Å². The molecule has 2 atom stereocenters. The van der Waals surface area contributed by atoms with E-state index in [0.717, 1.165) is 6.54 Å². The van der Waals surface area contributed by atoms with E-state index in [9.17, 15) is 0 Å². The van der Waals surface area contributed by atoms with Crippen LogP contribution in [0.15, 0.2) is 15.9 Å². The molecular weight excluding hydrogens is 260 g/mol. The maximum absolute atomic E-state index is 4.43. The molecule has 0 radical (unpaired) electrons.